The predicted molar refractivity (Wildman–Crippen MR) is 75.4 cm³/mol. The van der Waals surface area contributed by atoms with Crippen molar-refractivity contribution < 1.29 is 4.79 Å². The van der Waals surface area contributed by atoms with Gasteiger partial charge in [0, 0.05) is 24.7 Å². The second kappa shape index (κ2) is 7.39. The lowest BCUT2D eigenvalue weighted by Crippen LogP contribution is -2.38. The summed E-state index contributed by atoms with van der Waals surface area (Å²) < 4.78 is 0. The van der Waals surface area contributed by atoms with Crippen LogP contribution in [0.3, 0.4) is 0 Å². The highest BCUT2D eigenvalue weighted by atomic mass is 35.5. The van der Waals surface area contributed by atoms with Gasteiger partial charge in [-0.1, -0.05) is 30.7 Å². The van der Waals surface area contributed by atoms with Crippen LogP contribution >= 0.6 is 11.6 Å². The third-order valence-corrected chi connectivity index (χ3v) is 3.32. The second-order valence-corrected chi connectivity index (χ2v) is 4.76. The van der Waals surface area contributed by atoms with Gasteiger partial charge in [0.2, 0.25) is 5.91 Å². The van der Waals surface area contributed by atoms with Crippen molar-refractivity contribution in [2.45, 2.75) is 26.8 Å². The molecular weight excluding hydrogens is 248 g/mol. The van der Waals surface area contributed by atoms with Crippen LogP contribution in [0.15, 0.2) is 24.3 Å². The van der Waals surface area contributed by atoms with E-state index in [2.05, 4.69) is 0 Å². The van der Waals surface area contributed by atoms with Crippen LogP contribution in [-0.2, 0) is 11.3 Å². The first-order valence-electron chi connectivity index (χ1n) is 6.35. The Balaban J connectivity index is 2.75. The van der Waals surface area contributed by atoms with E-state index in [0.29, 0.717) is 24.7 Å². The first-order valence-corrected chi connectivity index (χ1v) is 6.73. The van der Waals surface area contributed by atoms with Crippen LogP contribution in [0, 0.1) is 5.92 Å². The fraction of sp³-hybridized carbons (Fsp3) is 0.500. The molecule has 0 heterocycles. The highest BCUT2D eigenvalue weighted by molar-refractivity contribution is 6.30. The number of hydrogen-bond donors (Lipinski definition) is 1. The van der Waals surface area contributed by atoms with Crippen LogP contribution in [0.5, 0.6) is 0 Å². The molecule has 0 saturated heterocycles. The molecule has 18 heavy (non-hydrogen) atoms. The Kier molecular flexibility index (Phi) is 6.16. The van der Waals surface area contributed by atoms with E-state index in [1.165, 1.54) is 0 Å². The van der Waals surface area contributed by atoms with Gasteiger partial charge < -0.3 is 10.6 Å². The lowest BCUT2D eigenvalue weighted by molar-refractivity contribution is -0.135. The van der Waals surface area contributed by atoms with Crippen molar-refractivity contribution in [2.75, 3.05) is 13.1 Å². The normalized spacial score (nSPS) is 12.2. The van der Waals surface area contributed by atoms with Crippen LogP contribution in [0.4, 0.5) is 0 Å². The highest BCUT2D eigenvalue weighted by Crippen LogP contribution is 2.14. The molecule has 0 aliphatic carbocycles. The summed E-state index contributed by atoms with van der Waals surface area (Å²) in [5.41, 5.74) is 6.67. The Morgan fingerprint density at radius 3 is 2.67 bits per heavy atom. The van der Waals surface area contributed by atoms with Gasteiger partial charge in [-0.15, -0.1) is 0 Å². The van der Waals surface area contributed by atoms with Crippen molar-refractivity contribution in [3.63, 3.8) is 0 Å². The van der Waals surface area contributed by atoms with Crippen LogP contribution in [0.25, 0.3) is 0 Å². The molecule has 0 aliphatic heterocycles. The number of carbonyl (C=O) groups is 1. The maximum atomic E-state index is 12.2. The number of benzene rings is 1. The van der Waals surface area contributed by atoms with Gasteiger partial charge in [0.25, 0.3) is 0 Å². The summed E-state index contributed by atoms with van der Waals surface area (Å²) in [5, 5.41) is 0.696. The predicted octanol–water partition coefficient (Wildman–Crippen LogP) is 2.67. The zero-order valence-electron chi connectivity index (χ0n) is 11.0. The smallest absolute Gasteiger partial charge is 0.227 e. The molecule has 4 heteroatoms. The molecule has 3 nitrogen and oxygen atoms in total. The van der Waals surface area contributed by atoms with Crippen molar-refractivity contribution in [3.8, 4) is 0 Å². The van der Waals surface area contributed by atoms with Crippen molar-refractivity contribution in [3.05, 3.63) is 34.9 Å². The minimum absolute atomic E-state index is 0.0795. The summed E-state index contributed by atoms with van der Waals surface area (Å²) >= 11 is 5.94. The average molecular weight is 269 g/mol. The van der Waals surface area contributed by atoms with E-state index in [0.717, 1.165) is 12.0 Å². The monoisotopic (exact) mass is 268 g/mol. The molecule has 2 N–H and O–H groups in total. The molecule has 1 unspecified atom stereocenters. The lowest BCUT2D eigenvalue weighted by Gasteiger charge is -2.25. The van der Waals surface area contributed by atoms with Gasteiger partial charge in [-0.05, 0) is 31.0 Å². The second-order valence-electron chi connectivity index (χ2n) is 4.32. The highest BCUT2D eigenvalue weighted by Gasteiger charge is 2.20. The maximum absolute atomic E-state index is 12.2. The molecule has 1 aromatic rings. The van der Waals surface area contributed by atoms with Crippen LogP contribution in [0.2, 0.25) is 5.02 Å². The van der Waals surface area contributed by atoms with E-state index >= 15 is 0 Å². The summed E-state index contributed by atoms with van der Waals surface area (Å²) in [6.45, 7) is 5.64. The molecule has 0 spiro atoms. The third-order valence-electron chi connectivity index (χ3n) is 3.08. The Labute approximate surface area is 114 Å². The van der Waals surface area contributed by atoms with Gasteiger partial charge in [0.15, 0.2) is 0 Å². The average Bonchev–Trinajstić information content (AvgIpc) is 2.37. The molecule has 0 aromatic heterocycles. The number of carbonyl (C=O) groups excluding carboxylic acids is 1. The Morgan fingerprint density at radius 1 is 1.44 bits per heavy atom. The third kappa shape index (κ3) is 4.00. The maximum Gasteiger partial charge on any atom is 0.227 e. The van der Waals surface area contributed by atoms with E-state index in [9.17, 15) is 4.79 Å². The Bertz CT molecular complexity index is 391. The Hall–Kier alpha value is -1.06. The van der Waals surface area contributed by atoms with Crippen molar-refractivity contribution in [1.29, 1.82) is 0 Å². The topological polar surface area (TPSA) is 46.3 Å². The lowest BCUT2D eigenvalue weighted by atomic mass is 10.0. The molecule has 1 rings (SSSR count). The molecule has 1 aromatic carbocycles. The molecule has 100 valence electrons. The quantitative estimate of drug-likeness (QED) is 0.862. The van der Waals surface area contributed by atoms with Crippen molar-refractivity contribution in [1.82, 2.24) is 4.90 Å². The molecule has 1 atom stereocenters. The van der Waals surface area contributed by atoms with E-state index in [1.54, 1.807) is 0 Å². The summed E-state index contributed by atoms with van der Waals surface area (Å²) in [6.07, 6.45) is 0.779. The fourth-order valence-corrected chi connectivity index (χ4v) is 2.11. The first kappa shape index (κ1) is 15.0. The minimum atomic E-state index is -0.0795. The molecule has 1 amide bonds. The molecule has 0 saturated carbocycles. The zero-order valence-corrected chi connectivity index (χ0v) is 11.8. The van der Waals surface area contributed by atoms with Gasteiger partial charge in [-0.2, -0.15) is 0 Å². The van der Waals surface area contributed by atoms with Crippen molar-refractivity contribution in [2.24, 2.45) is 11.7 Å². The molecule has 0 radical (unpaired) electrons. The van der Waals surface area contributed by atoms with E-state index < -0.39 is 0 Å². The van der Waals surface area contributed by atoms with Gasteiger partial charge >= 0.3 is 0 Å². The minimum Gasteiger partial charge on any atom is -0.338 e. The summed E-state index contributed by atoms with van der Waals surface area (Å²) in [4.78, 5) is 14.1. The van der Waals surface area contributed by atoms with E-state index in [4.69, 9.17) is 17.3 Å². The first-order chi connectivity index (χ1) is 8.62. The zero-order chi connectivity index (χ0) is 13.5. The number of hydrogen-bond acceptors (Lipinski definition) is 2. The summed E-state index contributed by atoms with van der Waals surface area (Å²) in [5.74, 6) is 0.0478. The van der Waals surface area contributed by atoms with E-state index in [1.807, 2.05) is 43.0 Å². The van der Waals surface area contributed by atoms with Gasteiger partial charge in [-0.3, -0.25) is 4.79 Å². The van der Waals surface area contributed by atoms with Crippen LogP contribution in [-0.4, -0.2) is 23.9 Å². The Morgan fingerprint density at radius 2 is 2.17 bits per heavy atom. The van der Waals surface area contributed by atoms with Crippen LogP contribution in [0.1, 0.15) is 25.8 Å². The molecule has 0 aliphatic rings. The van der Waals surface area contributed by atoms with Gasteiger partial charge in [-0.25, -0.2) is 0 Å². The molecule has 0 fully saturated rings. The van der Waals surface area contributed by atoms with E-state index in [-0.39, 0.29) is 11.8 Å². The standard InChI is InChI=1S/C14H21ClN2O/c1-3-12(9-16)14(18)17(4-2)10-11-6-5-7-13(15)8-11/h5-8,12H,3-4,9-10,16H2,1-2H3. The molecule has 0 bridgehead atoms. The van der Waals surface area contributed by atoms with Crippen molar-refractivity contribution >= 4 is 17.5 Å². The number of amides is 1. The summed E-state index contributed by atoms with van der Waals surface area (Å²) in [7, 11) is 0. The SMILES string of the molecule is CCC(CN)C(=O)N(CC)Cc1cccc(Cl)c1. The van der Waals surface area contributed by atoms with Crippen LogP contribution < -0.4 is 5.73 Å². The number of rotatable bonds is 6. The summed E-state index contributed by atoms with van der Waals surface area (Å²) in [6, 6.07) is 7.60. The molecular formula is C14H21ClN2O. The number of nitrogens with two attached hydrogens (primary N) is 1. The van der Waals surface area contributed by atoms with Gasteiger partial charge in [0.1, 0.15) is 0 Å². The van der Waals surface area contributed by atoms with Gasteiger partial charge in [0.05, 0.1) is 5.92 Å². The number of nitrogens with zero attached hydrogens (tertiary/aromatic N) is 1. The largest absolute Gasteiger partial charge is 0.338 e. The number of halogens is 1. The fourth-order valence-electron chi connectivity index (χ4n) is 1.90.